The van der Waals surface area contributed by atoms with Crippen molar-refractivity contribution in [1.29, 1.82) is 0 Å². The molecular formula is C14H29N3O. The third kappa shape index (κ3) is 4.19. The predicted molar refractivity (Wildman–Crippen MR) is 74.6 cm³/mol. The minimum atomic E-state index is 0.387. The van der Waals surface area contributed by atoms with Crippen molar-refractivity contribution in [2.75, 3.05) is 52.6 Å². The minimum Gasteiger partial charge on any atom is -0.381 e. The van der Waals surface area contributed by atoms with Crippen molar-refractivity contribution in [3.8, 4) is 0 Å². The van der Waals surface area contributed by atoms with Gasteiger partial charge in [-0.3, -0.25) is 4.90 Å². The zero-order chi connectivity index (χ0) is 12.8. The molecule has 0 radical (unpaired) electrons. The Hall–Kier alpha value is -0.160. The molecule has 2 aliphatic rings. The Morgan fingerprint density at radius 2 is 1.89 bits per heavy atom. The lowest BCUT2D eigenvalue weighted by molar-refractivity contribution is 0.0214. The molecule has 0 spiro atoms. The summed E-state index contributed by atoms with van der Waals surface area (Å²) in [5.74, 6) is 0.807. The van der Waals surface area contributed by atoms with Crippen LogP contribution in [0.2, 0.25) is 0 Å². The average molecular weight is 255 g/mol. The maximum Gasteiger partial charge on any atom is 0.0481 e. The third-order valence-corrected chi connectivity index (χ3v) is 4.45. The highest BCUT2D eigenvalue weighted by Gasteiger charge is 2.30. The lowest BCUT2D eigenvalue weighted by atomic mass is 9.74. The van der Waals surface area contributed by atoms with Gasteiger partial charge in [-0.05, 0) is 24.2 Å². The van der Waals surface area contributed by atoms with E-state index in [1.165, 1.54) is 25.9 Å². The van der Waals surface area contributed by atoms with Crippen LogP contribution in [0.25, 0.3) is 0 Å². The molecule has 0 aromatic carbocycles. The minimum absolute atomic E-state index is 0.387. The summed E-state index contributed by atoms with van der Waals surface area (Å²) in [6, 6.07) is 0. The second kappa shape index (κ2) is 6.85. The van der Waals surface area contributed by atoms with E-state index in [2.05, 4.69) is 29.4 Å². The van der Waals surface area contributed by atoms with Crippen LogP contribution in [0.3, 0.4) is 0 Å². The first kappa shape index (κ1) is 14.3. The van der Waals surface area contributed by atoms with Crippen molar-refractivity contribution in [1.82, 2.24) is 15.5 Å². The smallest absolute Gasteiger partial charge is 0.0481 e. The van der Waals surface area contributed by atoms with Gasteiger partial charge in [-0.25, -0.2) is 0 Å². The molecule has 0 atom stereocenters. The van der Waals surface area contributed by atoms with Crippen molar-refractivity contribution in [2.45, 2.75) is 26.7 Å². The first-order valence-electron chi connectivity index (χ1n) is 7.40. The predicted octanol–water partition coefficient (Wildman–Crippen LogP) is 0.892. The summed E-state index contributed by atoms with van der Waals surface area (Å²) >= 11 is 0. The van der Waals surface area contributed by atoms with Crippen LogP contribution in [0.5, 0.6) is 0 Å². The molecule has 4 heteroatoms. The Morgan fingerprint density at radius 1 is 1.22 bits per heavy atom. The summed E-state index contributed by atoms with van der Waals surface area (Å²) in [4.78, 5) is 2.50. The lowest BCUT2D eigenvalue weighted by Crippen LogP contribution is -2.49. The number of hydrogen-bond acceptors (Lipinski definition) is 4. The maximum atomic E-state index is 5.46. The zero-order valence-corrected chi connectivity index (χ0v) is 12.0. The van der Waals surface area contributed by atoms with E-state index in [1.807, 2.05) is 0 Å². The molecule has 0 aromatic rings. The van der Waals surface area contributed by atoms with Gasteiger partial charge in [0.2, 0.25) is 0 Å². The van der Waals surface area contributed by atoms with Gasteiger partial charge >= 0.3 is 0 Å². The van der Waals surface area contributed by atoms with Gasteiger partial charge in [0, 0.05) is 52.6 Å². The van der Waals surface area contributed by atoms with Crippen LogP contribution in [-0.4, -0.2) is 57.5 Å². The molecule has 2 fully saturated rings. The van der Waals surface area contributed by atoms with E-state index in [1.54, 1.807) is 0 Å². The normalized spacial score (nSPS) is 24.3. The molecule has 2 aliphatic heterocycles. The standard InChI is InChI=1S/C14H29N3O/c1-14(2,13-3-9-18-10-4-13)11-16-12-17-7-5-15-6-8-17/h13,15-16H,3-12H2,1-2H3. The van der Waals surface area contributed by atoms with Crippen LogP contribution >= 0.6 is 0 Å². The summed E-state index contributed by atoms with van der Waals surface area (Å²) in [7, 11) is 0. The summed E-state index contributed by atoms with van der Waals surface area (Å²) < 4.78 is 5.46. The van der Waals surface area contributed by atoms with Crippen LogP contribution in [0.1, 0.15) is 26.7 Å². The molecule has 0 aliphatic carbocycles. The van der Waals surface area contributed by atoms with E-state index in [4.69, 9.17) is 4.74 Å². The average Bonchev–Trinajstić information content (AvgIpc) is 2.41. The van der Waals surface area contributed by atoms with Crippen molar-refractivity contribution >= 4 is 0 Å². The highest BCUT2D eigenvalue weighted by atomic mass is 16.5. The molecule has 106 valence electrons. The first-order chi connectivity index (χ1) is 8.68. The molecule has 0 aromatic heterocycles. The third-order valence-electron chi connectivity index (χ3n) is 4.45. The molecule has 0 amide bonds. The van der Waals surface area contributed by atoms with Gasteiger partial charge < -0.3 is 15.4 Å². The Kier molecular flexibility index (Phi) is 5.42. The van der Waals surface area contributed by atoms with Gasteiger partial charge in [-0.1, -0.05) is 13.8 Å². The summed E-state index contributed by atoms with van der Waals surface area (Å²) in [5, 5.41) is 7.04. The van der Waals surface area contributed by atoms with E-state index >= 15 is 0 Å². The van der Waals surface area contributed by atoms with Crippen molar-refractivity contribution in [3.63, 3.8) is 0 Å². The number of ether oxygens (including phenoxy) is 1. The molecule has 0 saturated carbocycles. The molecule has 0 bridgehead atoms. The number of hydrogen-bond donors (Lipinski definition) is 2. The van der Waals surface area contributed by atoms with Gasteiger partial charge in [-0.2, -0.15) is 0 Å². The zero-order valence-electron chi connectivity index (χ0n) is 12.0. The van der Waals surface area contributed by atoms with E-state index < -0.39 is 0 Å². The lowest BCUT2D eigenvalue weighted by Gasteiger charge is -2.38. The molecule has 2 saturated heterocycles. The van der Waals surface area contributed by atoms with Crippen LogP contribution < -0.4 is 10.6 Å². The molecule has 18 heavy (non-hydrogen) atoms. The molecule has 4 nitrogen and oxygen atoms in total. The Morgan fingerprint density at radius 3 is 2.56 bits per heavy atom. The topological polar surface area (TPSA) is 36.5 Å². The molecular weight excluding hydrogens is 226 g/mol. The van der Waals surface area contributed by atoms with Crippen molar-refractivity contribution in [3.05, 3.63) is 0 Å². The molecule has 0 unspecified atom stereocenters. The fourth-order valence-corrected chi connectivity index (χ4v) is 3.03. The first-order valence-corrected chi connectivity index (χ1v) is 7.40. The van der Waals surface area contributed by atoms with Crippen molar-refractivity contribution < 1.29 is 4.74 Å². The van der Waals surface area contributed by atoms with Gasteiger partial charge in [0.25, 0.3) is 0 Å². The largest absolute Gasteiger partial charge is 0.381 e. The summed E-state index contributed by atoms with van der Waals surface area (Å²) in [6.07, 6.45) is 2.45. The van der Waals surface area contributed by atoms with Crippen LogP contribution in [-0.2, 0) is 4.74 Å². The number of nitrogens with zero attached hydrogens (tertiary/aromatic N) is 1. The van der Waals surface area contributed by atoms with E-state index in [0.717, 1.165) is 45.4 Å². The Bertz CT molecular complexity index is 233. The number of piperazine rings is 1. The van der Waals surface area contributed by atoms with Crippen molar-refractivity contribution in [2.24, 2.45) is 11.3 Å². The molecule has 2 heterocycles. The molecule has 2 N–H and O–H groups in total. The highest BCUT2D eigenvalue weighted by Crippen LogP contribution is 2.33. The van der Waals surface area contributed by atoms with Gasteiger partial charge in [0.1, 0.15) is 0 Å². The second-order valence-electron chi connectivity index (χ2n) is 6.33. The fourth-order valence-electron chi connectivity index (χ4n) is 3.03. The van der Waals surface area contributed by atoms with E-state index in [9.17, 15) is 0 Å². The van der Waals surface area contributed by atoms with Crippen LogP contribution in [0, 0.1) is 11.3 Å². The quantitative estimate of drug-likeness (QED) is 0.765. The highest BCUT2D eigenvalue weighted by molar-refractivity contribution is 4.82. The number of nitrogens with one attached hydrogen (secondary N) is 2. The Labute approximate surface area is 111 Å². The summed E-state index contributed by atoms with van der Waals surface area (Å²) in [6.45, 7) is 13.4. The monoisotopic (exact) mass is 255 g/mol. The SMILES string of the molecule is CC(C)(CNCN1CCNCC1)C1CCOCC1. The van der Waals surface area contributed by atoms with E-state index in [-0.39, 0.29) is 0 Å². The number of rotatable bonds is 5. The maximum absolute atomic E-state index is 5.46. The van der Waals surface area contributed by atoms with Crippen LogP contribution in [0.15, 0.2) is 0 Å². The van der Waals surface area contributed by atoms with E-state index in [0.29, 0.717) is 5.41 Å². The Balaban J connectivity index is 1.67. The van der Waals surface area contributed by atoms with Gasteiger partial charge in [0.15, 0.2) is 0 Å². The summed E-state index contributed by atoms with van der Waals surface area (Å²) in [5.41, 5.74) is 0.387. The van der Waals surface area contributed by atoms with Crippen LogP contribution in [0.4, 0.5) is 0 Å². The molecule has 2 rings (SSSR count). The second-order valence-corrected chi connectivity index (χ2v) is 6.33. The van der Waals surface area contributed by atoms with Gasteiger partial charge in [0.05, 0.1) is 0 Å². The fraction of sp³-hybridized carbons (Fsp3) is 1.00. The van der Waals surface area contributed by atoms with Gasteiger partial charge in [-0.15, -0.1) is 0 Å².